The van der Waals surface area contributed by atoms with E-state index < -0.39 is 12.1 Å². The Morgan fingerprint density at radius 1 is 1.17 bits per heavy atom. The van der Waals surface area contributed by atoms with Crippen molar-refractivity contribution < 1.29 is 15.0 Å². The third-order valence-electron chi connectivity index (χ3n) is 4.21. The Labute approximate surface area is 132 Å². The molecule has 0 saturated carbocycles. The maximum Gasteiger partial charge on any atom is 0.354 e. The number of nitrogens with zero attached hydrogens (tertiary/aromatic N) is 2. The monoisotopic (exact) mass is 306 g/mol. The van der Waals surface area contributed by atoms with Crippen molar-refractivity contribution in [2.45, 2.75) is 13.0 Å². The summed E-state index contributed by atoms with van der Waals surface area (Å²) in [6, 6.07) is 11.3. The van der Waals surface area contributed by atoms with Gasteiger partial charge in [0.25, 0.3) is 0 Å². The van der Waals surface area contributed by atoms with Crippen LogP contribution in [0, 0.1) is 6.92 Å². The summed E-state index contributed by atoms with van der Waals surface area (Å²) in [5, 5.41) is 19.6. The first-order valence-corrected chi connectivity index (χ1v) is 7.28. The number of imidazole rings is 1. The van der Waals surface area contributed by atoms with Crippen molar-refractivity contribution in [3.05, 3.63) is 76.7 Å². The maximum atomic E-state index is 11.5. The highest BCUT2D eigenvalue weighted by atomic mass is 16.4. The minimum absolute atomic E-state index is 0.161. The predicted molar refractivity (Wildman–Crippen MR) is 85.4 cm³/mol. The zero-order valence-electron chi connectivity index (χ0n) is 12.4. The van der Waals surface area contributed by atoms with E-state index in [2.05, 4.69) is 4.98 Å². The van der Waals surface area contributed by atoms with Crippen molar-refractivity contribution in [3.63, 3.8) is 0 Å². The van der Waals surface area contributed by atoms with Gasteiger partial charge in [0.2, 0.25) is 0 Å². The van der Waals surface area contributed by atoms with Gasteiger partial charge in [0.15, 0.2) is 5.69 Å². The van der Waals surface area contributed by atoms with E-state index in [1.54, 1.807) is 29.7 Å². The molecule has 1 aromatic carbocycles. The fraction of sp³-hybridized carbons (Fsp3) is 0.111. The third-order valence-corrected chi connectivity index (χ3v) is 4.21. The largest absolute Gasteiger partial charge is 0.477 e. The lowest BCUT2D eigenvalue weighted by molar-refractivity contribution is 0.0688. The molecule has 0 aliphatic heterocycles. The highest BCUT2D eigenvalue weighted by Gasteiger charge is 2.25. The fourth-order valence-electron chi connectivity index (χ4n) is 3.22. The first-order chi connectivity index (χ1) is 11.1. The highest BCUT2D eigenvalue weighted by molar-refractivity contribution is 5.93. The molecule has 5 heteroatoms. The van der Waals surface area contributed by atoms with Gasteiger partial charge >= 0.3 is 5.97 Å². The highest BCUT2D eigenvalue weighted by Crippen LogP contribution is 2.39. The van der Waals surface area contributed by atoms with E-state index in [4.69, 9.17) is 0 Å². The fourth-order valence-corrected chi connectivity index (χ4v) is 3.22. The first-order valence-electron chi connectivity index (χ1n) is 7.28. The summed E-state index contributed by atoms with van der Waals surface area (Å²) in [4.78, 5) is 15.9. The number of pyridine rings is 1. The Hall–Kier alpha value is -2.92. The van der Waals surface area contributed by atoms with Gasteiger partial charge in [0, 0.05) is 11.8 Å². The number of carbonyl (C=O) groups is 1. The Morgan fingerprint density at radius 3 is 2.70 bits per heavy atom. The van der Waals surface area contributed by atoms with Crippen LogP contribution in [0.25, 0.3) is 11.2 Å². The molecular formula is C18H14N2O3. The zero-order valence-corrected chi connectivity index (χ0v) is 12.4. The van der Waals surface area contributed by atoms with Gasteiger partial charge in [-0.2, -0.15) is 0 Å². The van der Waals surface area contributed by atoms with E-state index >= 15 is 0 Å². The minimum Gasteiger partial charge on any atom is -0.477 e. The molecular weight excluding hydrogens is 292 g/mol. The molecule has 4 rings (SSSR count). The lowest BCUT2D eigenvalue weighted by Gasteiger charge is -2.08. The summed E-state index contributed by atoms with van der Waals surface area (Å²) in [6.45, 7) is 1.69. The topological polar surface area (TPSA) is 74.8 Å². The van der Waals surface area contributed by atoms with Gasteiger partial charge in [-0.05, 0) is 41.8 Å². The molecule has 0 saturated heterocycles. The molecule has 2 heterocycles. The second-order valence-electron chi connectivity index (χ2n) is 5.58. The third kappa shape index (κ3) is 1.90. The van der Waals surface area contributed by atoms with Crippen LogP contribution in [0.4, 0.5) is 0 Å². The van der Waals surface area contributed by atoms with Crippen molar-refractivity contribution in [2.24, 2.45) is 0 Å². The number of benzene rings is 1. The van der Waals surface area contributed by atoms with Crippen LogP contribution >= 0.6 is 0 Å². The van der Waals surface area contributed by atoms with Crippen LogP contribution in [0.5, 0.6) is 0 Å². The second kappa shape index (κ2) is 4.79. The molecule has 114 valence electrons. The van der Waals surface area contributed by atoms with Crippen LogP contribution < -0.4 is 0 Å². The van der Waals surface area contributed by atoms with E-state index in [1.165, 1.54) is 0 Å². The minimum atomic E-state index is -1.01. The van der Waals surface area contributed by atoms with Gasteiger partial charge in [-0.1, -0.05) is 24.3 Å². The van der Waals surface area contributed by atoms with E-state index in [-0.39, 0.29) is 5.69 Å². The normalized spacial score (nSPS) is 16.4. The molecule has 1 aliphatic carbocycles. The van der Waals surface area contributed by atoms with Crippen LogP contribution in [-0.2, 0) is 0 Å². The van der Waals surface area contributed by atoms with E-state index in [0.717, 1.165) is 22.3 Å². The molecule has 0 fully saturated rings. The van der Waals surface area contributed by atoms with E-state index in [0.29, 0.717) is 11.3 Å². The smallest absolute Gasteiger partial charge is 0.354 e. The Balaban J connectivity index is 2.00. The molecule has 1 aliphatic rings. The summed E-state index contributed by atoms with van der Waals surface area (Å²) < 4.78 is 1.58. The molecule has 1 unspecified atom stereocenters. The van der Waals surface area contributed by atoms with Gasteiger partial charge in [0.1, 0.15) is 5.65 Å². The standard InChI is InChI=1S/C18H14N2O3/c1-10-16(18(22)23)20-8-4-7-13(17(20)19-10)14-9-15(21)12-6-3-2-5-11(12)14/h2-9,15,21H,1H3,(H,22,23). The quantitative estimate of drug-likeness (QED) is 0.763. The van der Waals surface area contributed by atoms with Gasteiger partial charge in [-0.25, -0.2) is 9.78 Å². The molecule has 23 heavy (non-hydrogen) atoms. The summed E-state index contributed by atoms with van der Waals surface area (Å²) in [5.41, 5.74) is 4.70. The number of aromatic carboxylic acids is 1. The van der Waals surface area contributed by atoms with Crippen molar-refractivity contribution in [1.29, 1.82) is 0 Å². The van der Waals surface area contributed by atoms with Crippen LogP contribution in [-0.4, -0.2) is 25.6 Å². The lowest BCUT2D eigenvalue weighted by atomic mass is 10.00. The molecule has 0 radical (unpaired) electrons. The molecule has 5 nitrogen and oxygen atoms in total. The van der Waals surface area contributed by atoms with Crippen molar-refractivity contribution in [1.82, 2.24) is 9.38 Å². The van der Waals surface area contributed by atoms with Crippen LogP contribution in [0.2, 0.25) is 0 Å². The number of aromatic nitrogens is 2. The molecule has 3 aromatic rings. The molecule has 1 atom stereocenters. The Morgan fingerprint density at radius 2 is 1.91 bits per heavy atom. The molecule has 0 amide bonds. The molecule has 0 bridgehead atoms. The molecule has 0 spiro atoms. The number of aliphatic hydroxyl groups excluding tert-OH is 1. The molecule has 2 N–H and O–H groups in total. The number of hydrogen-bond acceptors (Lipinski definition) is 3. The Bertz CT molecular complexity index is 985. The van der Waals surface area contributed by atoms with Gasteiger partial charge in [0.05, 0.1) is 11.8 Å². The van der Waals surface area contributed by atoms with Crippen LogP contribution in [0.15, 0.2) is 48.7 Å². The second-order valence-corrected chi connectivity index (χ2v) is 5.58. The predicted octanol–water partition coefficient (Wildman–Crippen LogP) is 2.82. The van der Waals surface area contributed by atoms with E-state index in [1.807, 2.05) is 30.3 Å². The number of aliphatic hydroxyl groups is 1. The summed E-state index contributed by atoms with van der Waals surface area (Å²) in [7, 11) is 0. The average molecular weight is 306 g/mol. The van der Waals surface area contributed by atoms with Crippen molar-refractivity contribution in [3.8, 4) is 0 Å². The summed E-state index contributed by atoms with van der Waals surface area (Å²) in [6.07, 6.45) is 2.82. The molecule has 2 aromatic heterocycles. The maximum absolute atomic E-state index is 11.5. The van der Waals surface area contributed by atoms with Crippen LogP contribution in [0.1, 0.15) is 39.0 Å². The van der Waals surface area contributed by atoms with Crippen molar-refractivity contribution in [2.75, 3.05) is 0 Å². The number of rotatable bonds is 2. The lowest BCUT2D eigenvalue weighted by Crippen LogP contribution is -2.03. The number of aryl methyl sites for hydroxylation is 1. The summed E-state index contributed by atoms with van der Waals surface area (Å²) >= 11 is 0. The SMILES string of the molecule is Cc1nc2c(C3=CC(O)c4ccccc43)cccn2c1C(=O)O. The number of carboxylic acids is 1. The van der Waals surface area contributed by atoms with E-state index in [9.17, 15) is 15.0 Å². The zero-order chi connectivity index (χ0) is 16.1. The van der Waals surface area contributed by atoms with Gasteiger partial charge in [-0.3, -0.25) is 4.40 Å². The van der Waals surface area contributed by atoms with Crippen molar-refractivity contribution >= 4 is 17.2 Å². The number of carboxylic acid groups (broad SMARTS) is 1. The van der Waals surface area contributed by atoms with Gasteiger partial charge in [-0.15, -0.1) is 0 Å². The summed E-state index contributed by atoms with van der Waals surface area (Å²) in [5.74, 6) is -1.01. The van der Waals surface area contributed by atoms with Gasteiger partial charge < -0.3 is 10.2 Å². The Kier molecular flexibility index (Phi) is 2.86. The number of fused-ring (bicyclic) bond motifs is 2. The number of hydrogen-bond donors (Lipinski definition) is 2. The first kappa shape index (κ1) is 13.7. The average Bonchev–Trinajstić information content (AvgIpc) is 3.04. The van der Waals surface area contributed by atoms with Crippen LogP contribution in [0.3, 0.4) is 0 Å².